The largest absolute Gasteiger partial charge is 0.351 e. The first-order chi connectivity index (χ1) is 12.5. The molecule has 0 atom stereocenters. The van der Waals surface area contributed by atoms with Gasteiger partial charge in [0.05, 0.1) is 11.4 Å². The minimum Gasteiger partial charge on any atom is -0.351 e. The van der Waals surface area contributed by atoms with Gasteiger partial charge in [-0.1, -0.05) is 53.4 Å². The number of carbonyl (C=O) groups is 1. The Morgan fingerprint density at radius 3 is 2.81 bits per heavy atom. The van der Waals surface area contributed by atoms with Crippen molar-refractivity contribution >= 4 is 41.2 Å². The summed E-state index contributed by atoms with van der Waals surface area (Å²) >= 11 is 8.04. The second-order valence-corrected chi connectivity index (χ2v) is 8.38. The van der Waals surface area contributed by atoms with Gasteiger partial charge < -0.3 is 5.32 Å². The number of amides is 1. The molecule has 134 valence electrons. The maximum absolute atomic E-state index is 13.5. The zero-order valence-corrected chi connectivity index (χ0v) is 16.4. The van der Waals surface area contributed by atoms with E-state index in [1.54, 1.807) is 23.7 Å². The van der Waals surface area contributed by atoms with Crippen LogP contribution in [0.1, 0.15) is 11.1 Å². The molecule has 0 spiro atoms. The minimum absolute atomic E-state index is 0.136. The molecule has 0 bridgehead atoms. The highest BCUT2D eigenvalue weighted by Crippen LogP contribution is 2.23. The molecule has 1 heterocycles. The van der Waals surface area contributed by atoms with Crippen LogP contribution >= 0.6 is 35.3 Å². The molecule has 0 fully saturated rings. The normalized spacial score (nSPS) is 10.7. The van der Waals surface area contributed by atoms with E-state index in [1.165, 1.54) is 29.2 Å². The smallest absolute Gasteiger partial charge is 0.230 e. The average Bonchev–Trinajstić information content (AvgIpc) is 3.02. The molecule has 8 heteroatoms. The zero-order valence-electron chi connectivity index (χ0n) is 13.9. The van der Waals surface area contributed by atoms with E-state index in [0.29, 0.717) is 16.1 Å². The molecular weight excluding hydrogens is 389 g/mol. The predicted molar refractivity (Wildman–Crippen MR) is 106 cm³/mol. The topological polar surface area (TPSA) is 46.9 Å². The first-order valence-corrected chi connectivity index (χ1v) is 10.0. The highest BCUT2D eigenvalue weighted by atomic mass is 32.2. The molecule has 0 unspecified atom stereocenters. The number of rotatable bonds is 6. The lowest BCUT2D eigenvalue weighted by atomic mass is 10.1. The molecule has 26 heavy (non-hydrogen) atoms. The summed E-state index contributed by atoms with van der Waals surface area (Å²) in [6, 6.07) is 14.6. The highest BCUT2D eigenvalue weighted by Gasteiger charge is 2.09. The molecule has 2 aromatic carbocycles. The van der Waals surface area contributed by atoms with Crippen LogP contribution in [0, 0.1) is 16.7 Å². The third-order valence-corrected chi connectivity index (χ3v) is 5.95. The molecule has 4 nitrogen and oxygen atoms in total. The van der Waals surface area contributed by atoms with Crippen molar-refractivity contribution in [2.75, 3.05) is 5.75 Å². The van der Waals surface area contributed by atoms with Gasteiger partial charge in [0.15, 0.2) is 8.29 Å². The number of nitrogens with one attached hydrogen (secondary N) is 1. The maximum Gasteiger partial charge on any atom is 0.230 e. The van der Waals surface area contributed by atoms with Crippen molar-refractivity contribution in [3.63, 3.8) is 0 Å². The van der Waals surface area contributed by atoms with Crippen LogP contribution in [0.15, 0.2) is 52.9 Å². The monoisotopic (exact) mass is 405 g/mol. The summed E-state index contributed by atoms with van der Waals surface area (Å²) in [7, 11) is 0. The van der Waals surface area contributed by atoms with Crippen LogP contribution in [0.2, 0.25) is 0 Å². The number of para-hydroxylation sites is 1. The average molecular weight is 406 g/mol. The molecule has 0 radical (unpaired) electrons. The number of carbonyl (C=O) groups excluding carboxylic acids is 1. The summed E-state index contributed by atoms with van der Waals surface area (Å²) in [4.78, 5) is 12.0. The predicted octanol–water partition coefficient (Wildman–Crippen LogP) is 4.52. The highest BCUT2D eigenvalue weighted by molar-refractivity contribution is 8.01. The fourth-order valence-corrected chi connectivity index (χ4v) is 4.37. The van der Waals surface area contributed by atoms with Gasteiger partial charge in [-0.15, -0.1) is 5.10 Å². The van der Waals surface area contributed by atoms with Gasteiger partial charge in [0, 0.05) is 6.54 Å². The van der Waals surface area contributed by atoms with Crippen LogP contribution in [0.3, 0.4) is 0 Å². The lowest BCUT2D eigenvalue weighted by Gasteiger charge is -2.05. The summed E-state index contributed by atoms with van der Waals surface area (Å²) in [6.07, 6.45) is 0. The second kappa shape index (κ2) is 8.57. The van der Waals surface area contributed by atoms with Gasteiger partial charge in [-0.25, -0.2) is 9.07 Å². The molecule has 0 aliphatic heterocycles. The van der Waals surface area contributed by atoms with E-state index >= 15 is 0 Å². The summed E-state index contributed by atoms with van der Waals surface area (Å²) < 4.78 is 16.6. The van der Waals surface area contributed by atoms with Crippen LogP contribution < -0.4 is 5.32 Å². The van der Waals surface area contributed by atoms with Crippen LogP contribution in [-0.4, -0.2) is 21.4 Å². The summed E-state index contributed by atoms with van der Waals surface area (Å²) in [5.74, 6) is -0.175. The molecule has 0 saturated carbocycles. The Morgan fingerprint density at radius 2 is 2.08 bits per heavy atom. The van der Waals surface area contributed by atoms with Crippen LogP contribution in [0.5, 0.6) is 0 Å². The minimum atomic E-state index is -0.266. The number of nitrogens with zero attached hydrogens (tertiary/aromatic N) is 2. The fourth-order valence-electron chi connectivity index (χ4n) is 2.18. The fraction of sp³-hybridized carbons (Fsp3) is 0.167. The van der Waals surface area contributed by atoms with Gasteiger partial charge in [-0.3, -0.25) is 4.79 Å². The molecule has 1 amide bonds. The van der Waals surface area contributed by atoms with Crippen molar-refractivity contribution < 1.29 is 9.18 Å². The van der Waals surface area contributed by atoms with Crippen LogP contribution in [0.4, 0.5) is 4.39 Å². The van der Waals surface area contributed by atoms with Crippen molar-refractivity contribution in [1.82, 2.24) is 15.1 Å². The quantitative estimate of drug-likeness (QED) is 0.484. The van der Waals surface area contributed by atoms with E-state index in [2.05, 4.69) is 10.4 Å². The van der Waals surface area contributed by atoms with Crippen molar-refractivity contribution in [2.24, 2.45) is 0 Å². The zero-order chi connectivity index (χ0) is 18.5. The number of hydrogen-bond donors (Lipinski definition) is 1. The van der Waals surface area contributed by atoms with Gasteiger partial charge in [0.2, 0.25) is 5.91 Å². The Morgan fingerprint density at radius 1 is 1.31 bits per heavy atom. The van der Waals surface area contributed by atoms with Gasteiger partial charge in [0.25, 0.3) is 0 Å². The van der Waals surface area contributed by atoms with Gasteiger partial charge in [0.1, 0.15) is 5.82 Å². The molecule has 0 aliphatic rings. The van der Waals surface area contributed by atoms with Crippen molar-refractivity contribution in [3.05, 3.63) is 69.4 Å². The Bertz CT molecular complexity index is 969. The lowest BCUT2D eigenvalue weighted by Crippen LogP contribution is -2.24. The van der Waals surface area contributed by atoms with Gasteiger partial charge in [-0.2, -0.15) is 0 Å². The van der Waals surface area contributed by atoms with Crippen molar-refractivity contribution in [3.8, 4) is 5.69 Å². The number of benzene rings is 2. The standard InChI is InChI=1S/C18H16FN3OS3/c1-12-7-8-13(9-15(12)19)10-20-16(23)11-25-17-21-22(18(24)26-17)14-5-3-2-4-6-14/h2-9H,10-11H2,1H3,(H,20,23). The molecule has 0 aliphatic carbocycles. The number of aromatic nitrogens is 2. The first-order valence-electron chi connectivity index (χ1n) is 7.83. The Hall–Kier alpha value is -2.03. The van der Waals surface area contributed by atoms with E-state index in [4.69, 9.17) is 12.2 Å². The van der Waals surface area contributed by atoms with E-state index in [1.807, 2.05) is 30.3 Å². The number of thioether (sulfide) groups is 1. The number of aryl methyl sites for hydroxylation is 1. The van der Waals surface area contributed by atoms with E-state index in [9.17, 15) is 9.18 Å². The Kier molecular flexibility index (Phi) is 6.18. The maximum atomic E-state index is 13.5. The molecule has 3 aromatic rings. The Balaban J connectivity index is 1.55. The molecule has 3 rings (SSSR count). The molecule has 1 N–H and O–H groups in total. The summed E-state index contributed by atoms with van der Waals surface area (Å²) in [5.41, 5.74) is 2.22. The van der Waals surface area contributed by atoms with Crippen molar-refractivity contribution in [2.45, 2.75) is 17.8 Å². The van der Waals surface area contributed by atoms with Gasteiger partial charge >= 0.3 is 0 Å². The SMILES string of the molecule is Cc1ccc(CNC(=O)CSc2nn(-c3ccccc3)c(=S)s2)cc1F. The molecule has 1 aromatic heterocycles. The van der Waals surface area contributed by atoms with Crippen LogP contribution in [-0.2, 0) is 11.3 Å². The number of halogens is 1. The Labute approximate surface area is 164 Å². The third-order valence-electron chi connectivity index (χ3n) is 3.58. The van der Waals surface area contributed by atoms with Gasteiger partial charge in [-0.05, 0) is 48.5 Å². The van der Waals surface area contributed by atoms with E-state index in [0.717, 1.165) is 15.6 Å². The van der Waals surface area contributed by atoms with E-state index < -0.39 is 0 Å². The summed E-state index contributed by atoms with van der Waals surface area (Å²) in [6.45, 7) is 2.00. The summed E-state index contributed by atoms with van der Waals surface area (Å²) in [5, 5.41) is 7.24. The third kappa shape index (κ3) is 4.78. The second-order valence-electron chi connectivity index (χ2n) is 5.53. The lowest BCUT2D eigenvalue weighted by molar-refractivity contribution is -0.118. The van der Waals surface area contributed by atoms with E-state index in [-0.39, 0.29) is 17.5 Å². The molecular formula is C18H16FN3OS3. The number of hydrogen-bond acceptors (Lipinski definition) is 5. The van der Waals surface area contributed by atoms with Crippen LogP contribution in [0.25, 0.3) is 5.69 Å². The first kappa shape index (κ1) is 18.8. The van der Waals surface area contributed by atoms with Crippen molar-refractivity contribution in [1.29, 1.82) is 0 Å². The molecule has 0 saturated heterocycles.